The maximum Gasteiger partial charge on any atom is 0.136 e. The number of hydrogen-bond acceptors (Lipinski definition) is 2. The molecule has 0 saturated carbocycles. The number of nitrogens with one attached hydrogen (secondary N) is 1. The summed E-state index contributed by atoms with van der Waals surface area (Å²) in [6.45, 7) is 0.703. The third kappa shape index (κ3) is 4.13. The van der Waals surface area contributed by atoms with E-state index >= 15 is 0 Å². The lowest BCUT2D eigenvalue weighted by Crippen LogP contribution is -2.21. The Morgan fingerprint density at radius 3 is 2.26 bits per heavy atom. The average molecular weight is 296 g/mol. The van der Waals surface area contributed by atoms with Crippen molar-refractivity contribution in [3.05, 3.63) is 64.1 Å². The molecule has 0 aliphatic heterocycles. The summed E-state index contributed by atoms with van der Waals surface area (Å²) in [4.78, 5) is 0. The molecule has 0 aliphatic rings. The van der Waals surface area contributed by atoms with Crippen molar-refractivity contribution in [1.29, 1.82) is 0 Å². The zero-order chi connectivity index (χ0) is 13.7. The normalized spacial score (nSPS) is 12.2. The highest BCUT2D eigenvalue weighted by Crippen LogP contribution is 2.28. The first-order valence-corrected chi connectivity index (χ1v) is 6.77. The Hall–Kier alpha value is -1.22. The van der Waals surface area contributed by atoms with Crippen molar-refractivity contribution in [2.45, 2.75) is 6.10 Å². The summed E-state index contributed by atoms with van der Waals surface area (Å²) in [7, 11) is 1.89. The third-order valence-corrected chi connectivity index (χ3v) is 3.11. The highest BCUT2D eigenvalue weighted by molar-refractivity contribution is 6.34. The van der Waals surface area contributed by atoms with E-state index in [0.29, 0.717) is 22.3 Å². The number of halogens is 2. The lowest BCUT2D eigenvalue weighted by molar-refractivity contribution is 0.205. The summed E-state index contributed by atoms with van der Waals surface area (Å²) in [6.07, 6.45) is -0.0827. The Labute approximate surface area is 123 Å². The molecule has 1 atom stereocenters. The fourth-order valence-corrected chi connectivity index (χ4v) is 2.35. The predicted molar refractivity (Wildman–Crippen MR) is 80.2 cm³/mol. The second kappa shape index (κ2) is 6.80. The Morgan fingerprint density at radius 2 is 1.68 bits per heavy atom. The molecular formula is C15H15Cl2NO. The molecule has 1 unspecified atom stereocenters. The summed E-state index contributed by atoms with van der Waals surface area (Å²) >= 11 is 12.0. The first-order chi connectivity index (χ1) is 9.19. The molecular weight excluding hydrogens is 281 g/mol. The molecule has 0 spiro atoms. The van der Waals surface area contributed by atoms with E-state index in [1.54, 1.807) is 18.2 Å². The van der Waals surface area contributed by atoms with Crippen LogP contribution in [-0.2, 0) is 0 Å². The van der Waals surface area contributed by atoms with Crippen LogP contribution in [0.1, 0.15) is 11.7 Å². The van der Waals surface area contributed by atoms with Crippen LogP contribution in [0.4, 0.5) is 0 Å². The lowest BCUT2D eigenvalue weighted by atomic mass is 10.1. The highest BCUT2D eigenvalue weighted by Gasteiger charge is 2.12. The van der Waals surface area contributed by atoms with Crippen LogP contribution in [0.3, 0.4) is 0 Å². The van der Waals surface area contributed by atoms with Gasteiger partial charge in [-0.15, -0.1) is 0 Å². The van der Waals surface area contributed by atoms with Gasteiger partial charge in [0.2, 0.25) is 0 Å². The summed E-state index contributed by atoms with van der Waals surface area (Å²) in [6, 6.07) is 15.3. The van der Waals surface area contributed by atoms with Crippen LogP contribution in [0.25, 0.3) is 0 Å². The van der Waals surface area contributed by atoms with Crippen LogP contribution in [-0.4, -0.2) is 13.6 Å². The largest absolute Gasteiger partial charge is 0.484 e. The van der Waals surface area contributed by atoms with E-state index in [1.165, 1.54) is 0 Å². The summed E-state index contributed by atoms with van der Waals surface area (Å²) in [5, 5.41) is 4.26. The summed E-state index contributed by atoms with van der Waals surface area (Å²) < 4.78 is 5.97. The van der Waals surface area contributed by atoms with E-state index in [1.807, 2.05) is 37.4 Å². The van der Waals surface area contributed by atoms with Gasteiger partial charge in [0.15, 0.2) is 0 Å². The molecule has 19 heavy (non-hydrogen) atoms. The molecule has 0 amide bonds. The van der Waals surface area contributed by atoms with Crippen molar-refractivity contribution in [3.8, 4) is 5.75 Å². The molecule has 100 valence electrons. The van der Waals surface area contributed by atoms with Gasteiger partial charge in [-0.25, -0.2) is 0 Å². The monoisotopic (exact) mass is 295 g/mol. The van der Waals surface area contributed by atoms with E-state index in [4.69, 9.17) is 27.9 Å². The molecule has 0 aromatic heterocycles. The minimum Gasteiger partial charge on any atom is -0.484 e. The van der Waals surface area contributed by atoms with Gasteiger partial charge >= 0.3 is 0 Å². The van der Waals surface area contributed by atoms with E-state index < -0.39 is 0 Å². The topological polar surface area (TPSA) is 21.3 Å². The fourth-order valence-electron chi connectivity index (χ4n) is 1.84. The number of benzene rings is 2. The molecule has 0 bridgehead atoms. The van der Waals surface area contributed by atoms with Crippen molar-refractivity contribution >= 4 is 23.2 Å². The summed E-state index contributed by atoms with van der Waals surface area (Å²) in [5.41, 5.74) is 1.10. The molecule has 4 heteroatoms. The van der Waals surface area contributed by atoms with Crippen LogP contribution in [0, 0.1) is 0 Å². The summed E-state index contributed by atoms with van der Waals surface area (Å²) in [5.74, 6) is 0.668. The number of hydrogen-bond donors (Lipinski definition) is 1. The maximum atomic E-state index is 5.98. The van der Waals surface area contributed by atoms with Crippen LogP contribution in [0.15, 0.2) is 48.5 Å². The Morgan fingerprint density at radius 1 is 1.05 bits per heavy atom. The van der Waals surface area contributed by atoms with Crippen molar-refractivity contribution in [2.24, 2.45) is 0 Å². The quantitative estimate of drug-likeness (QED) is 0.886. The zero-order valence-electron chi connectivity index (χ0n) is 10.6. The van der Waals surface area contributed by atoms with Crippen LogP contribution in [0.2, 0.25) is 10.0 Å². The second-order valence-electron chi connectivity index (χ2n) is 4.18. The lowest BCUT2D eigenvalue weighted by Gasteiger charge is -2.19. The fraction of sp³-hybridized carbons (Fsp3) is 0.200. The number of ether oxygens (including phenoxy) is 1. The number of rotatable bonds is 5. The standard InChI is InChI=1S/C15H15Cl2NO/c1-18-10-15(11-5-3-2-4-6-11)19-14-8-12(16)7-13(17)9-14/h2-9,15,18H,10H2,1H3. The van der Waals surface area contributed by atoms with Gasteiger partial charge in [0.1, 0.15) is 11.9 Å². The van der Waals surface area contributed by atoms with Gasteiger partial charge in [0, 0.05) is 16.6 Å². The molecule has 0 fully saturated rings. The molecule has 2 rings (SSSR count). The molecule has 0 aliphatic carbocycles. The van der Waals surface area contributed by atoms with Crippen molar-refractivity contribution in [3.63, 3.8) is 0 Å². The van der Waals surface area contributed by atoms with E-state index in [9.17, 15) is 0 Å². The minimum absolute atomic E-state index is 0.0827. The molecule has 2 aromatic carbocycles. The zero-order valence-corrected chi connectivity index (χ0v) is 12.1. The Kier molecular flexibility index (Phi) is 5.08. The molecule has 0 radical (unpaired) electrons. The van der Waals surface area contributed by atoms with Crippen molar-refractivity contribution in [1.82, 2.24) is 5.32 Å². The predicted octanol–water partition coefficient (Wildman–Crippen LogP) is 4.33. The van der Waals surface area contributed by atoms with Crippen molar-refractivity contribution in [2.75, 3.05) is 13.6 Å². The second-order valence-corrected chi connectivity index (χ2v) is 5.05. The maximum absolute atomic E-state index is 5.98. The smallest absolute Gasteiger partial charge is 0.136 e. The first-order valence-electron chi connectivity index (χ1n) is 6.01. The van der Waals surface area contributed by atoms with Gasteiger partial charge in [-0.05, 0) is 30.8 Å². The van der Waals surface area contributed by atoms with E-state index in [-0.39, 0.29) is 6.10 Å². The van der Waals surface area contributed by atoms with Crippen LogP contribution >= 0.6 is 23.2 Å². The van der Waals surface area contributed by atoms with Crippen LogP contribution in [0.5, 0.6) is 5.75 Å². The van der Waals surface area contributed by atoms with Gasteiger partial charge in [-0.2, -0.15) is 0 Å². The van der Waals surface area contributed by atoms with Crippen molar-refractivity contribution < 1.29 is 4.74 Å². The van der Waals surface area contributed by atoms with Gasteiger partial charge in [-0.3, -0.25) is 0 Å². The number of likely N-dealkylation sites (N-methyl/N-ethyl adjacent to an activating group) is 1. The Bertz CT molecular complexity index is 511. The van der Waals surface area contributed by atoms with Gasteiger partial charge in [0.25, 0.3) is 0 Å². The molecule has 0 saturated heterocycles. The van der Waals surface area contributed by atoms with Gasteiger partial charge in [0.05, 0.1) is 0 Å². The SMILES string of the molecule is CNCC(Oc1cc(Cl)cc(Cl)c1)c1ccccc1. The molecule has 0 heterocycles. The van der Waals surface area contributed by atoms with Crippen LogP contribution < -0.4 is 10.1 Å². The highest BCUT2D eigenvalue weighted by atomic mass is 35.5. The average Bonchev–Trinajstić information content (AvgIpc) is 2.38. The van der Waals surface area contributed by atoms with E-state index in [0.717, 1.165) is 5.56 Å². The Balaban J connectivity index is 2.21. The molecule has 2 aromatic rings. The molecule has 1 N–H and O–H groups in total. The van der Waals surface area contributed by atoms with Gasteiger partial charge < -0.3 is 10.1 Å². The first kappa shape index (κ1) is 14.2. The van der Waals surface area contributed by atoms with E-state index in [2.05, 4.69) is 5.32 Å². The molecule has 2 nitrogen and oxygen atoms in total. The minimum atomic E-state index is -0.0827. The third-order valence-electron chi connectivity index (χ3n) is 2.68. The van der Waals surface area contributed by atoms with Gasteiger partial charge in [-0.1, -0.05) is 53.5 Å².